The minimum absolute atomic E-state index is 0.0187. The number of nitrogens with one attached hydrogen (secondary N) is 1. The van der Waals surface area contributed by atoms with E-state index in [1.807, 2.05) is 13.8 Å². The normalized spacial score (nSPS) is 10.4. The third-order valence-electron chi connectivity index (χ3n) is 3.39. The number of rotatable bonds is 7. The molecule has 0 fully saturated rings. The maximum Gasteiger partial charge on any atom is 0.338 e. The number of hydrogen-bond acceptors (Lipinski definition) is 6. The molecular formula is C19H20N2O6. The maximum absolute atomic E-state index is 12.5. The Morgan fingerprint density at radius 3 is 2.30 bits per heavy atom. The smallest absolute Gasteiger partial charge is 0.338 e. The quantitative estimate of drug-likeness (QED) is 0.450. The number of carbonyl (C=O) groups is 2. The van der Waals surface area contributed by atoms with Crippen molar-refractivity contribution in [1.82, 2.24) is 0 Å². The lowest BCUT2D eigenvalue weighted by molar-refractivity contribution is -0.384. The van der Waals surface area contributed by atoms with Gasteiger partial charge in [0.2, 0.25) is 0 Å². The number of carbonyl (C=O) groups excluding carboxylic acids is 2. The molecule has 0 aromatic heterocycles. The molecule has 2 aromatic rings. The zero-order chi connectivity index (χ0) is 20.0. The molecule has 8 nitrogen and oxygen atoms in total. The summed E-state index contributed by atoms with van der Waals surface area (Å²) in [5.74, 6) is -0.657. The van der Waals surface area contributed by atoms with E-state index in [0.717, 1.165) is 12.1 Å². The van der Waals surface area contributed by atoms with Crippen molar-refractivity contribution in [2.75, 3.05) is 11.9 Å². The lowest BCUT2D eigenvalue weighted by atomic mass is 10.1. The molecule has 2 aromatic carbocycles. The number of ether oxygens (including phenoxy) is 2. The summed E-state index contributed by atoms with van der Waals surface area (Å²) in [5, 5.41) is 13.7. The van der Waals surface area contributed by atoms with Crippen molar-refractivity contribution in [3.8, 4) is 5.75 Å². The molecule has 0 bridgehead atoms. The topological polar surface area (TPSA) is 108 Å². The highest BCUT2D eigenvalue weighted by molar-refractivity contribution is 6.06. The molecule has 0 aliphatic rings. The summed E-state index contributed by atoms with van der Waals surface area (Å²) < 4.78 is 10.4. The van der Waals surface area contributed by atoms with Crippen LogP contribution in [0.1, 0.15) is 41.5 Å². The molecule has 27 heavy (non-hydrogen) atoms. The molecule has 0 radical (unpaired) electrons. The van der Waals surface area contributed by atoms with Crippen molar-refractivity contribution in [2.24, 2.45) is 0 Å². The molecule has 0 heterocycles. The van der Waals surface area contributed by atoms with Gasteiger partial charge in [-0.1, -0.05) is 0 Å². The Hall–Kier alpha value is -3.42. The Balaban J connectivity index is 2.24. The zero-order valence-corrected chi connectivity index (χ0v) is 15.2. The van der Waals surface area contributed by atoms with Gasteiger partial charge in [0.15, 0.2) is 0 Å². The standard InChI is InChI=1S/C19H20N2O6/c1-4-26-19(23)14-9-13(10-16(11-14)21(24)25)18(22)20-15-5-7-17(8-6-15)27-12(2)3/h5-12H,4H2,1-3H3,(H,20,22). The van der Waals surface area contributed by atoms with Crippen LogP contribution >= 0.6 is 0 Å². The Morgan fingerprint density at radius 1 is 1.11 bits per heavy atom. The van der Waals surface area contributed by atoms with Gasteiger partial charge in [-0.3, -0.25) is 14.9 Å². The predicted molar refractivity (Wildman–Crippen MR) is 99.2 cm³/mol. The first-order valence-corrected chi connectivity index (χ1v) is 8.34. The van der Waals surface area contributed by atoms with Crippen LogP contribution in [-0.4, -0.2) is 29.5 Å². The fourth-order valence-corrected chi connectivity index (χ4v) is 2.27. The molecule has 142 valence electrons. The summed E-state index contributed by atoms with van der Waals surface area (Å²) in [5.41, 5.74) is 0.0401. The summed E-state index contributed by atoms with van der Waals surface area (Å²) in [6.07, 6.45) is 0.0246. The Bertz CT molecular complexity index is 846. The zero-order valence-electron chi connectivity index (χ0n) is 15.2. The van der Waals surface area contributed by atoms with Gasteiger partial charge in [0.1, 0.15) is 5.75 Å². The van der Waals surface area contributed by atoms with Crippen LogP contribution in [0.4, 0.5) is 11.4 Å². The van der Waals surface area contributed by atoms with Crippen LogP contribution < -0.4 is 10.1 Å². The second-order valence-electron chi connectivity index (χ2n) is 5.89. The molecule has 0 aliphatic heterocycles. The van der Waals surface area contributed by atoms with E-state index in [9.17, 15) is 19.7 Å². The summed E-state index contributed by atoms with van der Waals surface area (Å²) in [4.78, 5) is 34.8. The first kappa shape index (κ1) is 19.9. The molecule has 0 unspecified atom stereocenters. The van der Waals surface area contributed by atoms with Crippen molar-refractivity contribution in [3.05, 3.63) is 63.7 Å². The van der Waals surface area contributed by atoms with Gasteiger partial charge >= 0.3 is 5.97 Å². The molecule has 0 saturated heterocycles. The highest BCUT2D eigenvalue weighted by Gasteiger charge is 2.19. The summed E-state index contributed by atoms with van der Waals surface area (Å²) in [6, 6.07) is 10.1. The largest absolute Gasteiger partial charge is 0.491 e. The molecule has 1 amide bonds. The predicted octanol–water partition coefficient (Wildman–Crippen LogP) is 3.81. The van der Waals surface area contributed by atoms with Crippen LogP contribution in [0.15, 0.2) is 42.5 Å². The Labute approximate surface area is 156 Å². The summed E-state index contributed by atoms with van der Waals surface area (Å²) >= 11 is 0. The summed E-state index contributed by atoms with van der Waals surface area (Å²) in [7, 11) is 0. The number of non-ortho nitro benzene ring substituents is 1. The fraction of sp³-hybridized carbons (Fsp3) is 0.263. The highest BCUT2D eigenvalue weighted by Crippen LogP contribution is 2.21. The molecule has 0 spiro atoms. The van der Waals surface area contributed by atoms with Gasteiger partial charge in [-0.05, 0) is 51.1 Å². The lowest BCUT2D eigenvalue weighted by Gasteiger charge is -2.11. The number of nitro benzene ring substituents is 1. The average Bonchev–Trinajstić information content (AvgIpc) is 2.62. The number of nitrogens with zero attached hydrogens (tertiary/aromatic N) is 1. The maximum atomic E-state index is 12.5. The van der Waals surface area contributed by atoms with E-state index in [2.05, 4.69) is 5.32 Å². The second-order valence-corrected chi connectivity index (χ2v) is 5.89. The Kier molecular flexibility index (Phi) is 6.48. The van der Waals surface area contributed by atoms with E-state index in [4.69, 9.17) is 9.47 Å². The third-order valence-corrected chi connectivity index (χ3v) is 3.39. The number of nitro groups is 1. The van der Waals surface area contributed by atoms with Crippen LogP contribution in [0, 0.1) is 10.1 Å². The number of esters is 1. The van der Waals surface area contributed by atoms with Gasteiger partial charge < -0.3 is 14.8 Å². The van der Waals surface area contributed by atoms with E-state index < -0.39 is 16.8 Å². The van der Waals surface area contributed by atoms with Gasteiger partial charge in [0, 0.05) is 23.4 Å². The van der Waals surface area contributed by atoms with Crippen LogP contribution in [0.2, 0.25) is 0 Å². The van der Waals surface area contributed by atoms with Gasteiger partial charge in [-0.2, -0.15) is 0 Å². The fourth-order valence-electron chi connectivity index (χ4n) is 2.27. The number of anilines is 1. The van der Waals surface area contributed by atoms with Crippen LogP contribution in [0.3, 0.4) is 0 Å². The molecule has 0 aliphatic carbocycles. The molecule has 0 saturated carbocycles. The first-order chi connectivity index (χ1) is 12.8. The highest BCUT2D eigenvalue weighted by atomic mass is 16.6. The first-order valence-electron chi connectivity index (χ1n) is 8.34. The van der Waals surface area contributed by atoms with Gasteiger partial charge in [-0.25, -0.2) is 4.79 Å². The third kappa shape index (κ3) is 5.53. The SMILES string of the molecule is CCOC(=O)c1cc(C(=O)Nc2ccc(OC(C)C)cc2)cc([N+](=O)[O-])c1. The number of hydrogen-bond donors (Lipinski definition) is 1. The van der Waals surface area contributed by atoms with Crippen molar-refractivity contribution < 1.29 is 24.0 Å². The van der Waals surface area contributed by atoms with E-state index in [1.54, 1.807) is 31.2 Å². The molecule has 1 N–H and O–H groups in total. The average molecular weight is 372 g/mol. The van der Waals surface area contributed by atoms with E-state index >= 15 is 0 Å². The van der Waals surface area contributed by atoms with Crippen LogP contribution in [0.25, 0.3) is 0 Å². The minimum atomic E-state index is -0.731. The van der Waals surface area contributed by atoms with Gasteiger partial charge in [0.05, 0.1) is 23.2 Å². The molecular weight excluding hydrogens is 352 g/mol. The van der Waals surface area contributed by atoms with Crippen molar-refractivity contribution in [3.63, 3.8) is 0 Å². The van der Waals surface area contributed by atoms with E-state index in [0.29, 0.717) is 11.4 Å². The molecule has 8 heteroatoms. The van der Waals surface area contributed by atoms with Gasteiger partial charge in [0.25, 0.3) is 11.6 Å². The van der Waals surface area contributed by atoms with Crippen molar-refractivity contribution in [2.45, 2.75) is 26.9 Å². The minimum Gasteiger partial charge on any atom is -0.491 e. The Morgan fingerprint density at radius 2 is 1.74 bits per heavy atom. The van der Waals surface area contributed by atoms with E-state index in [-0.39, 0.29) is 29.5 Å². The summed E-state index contributed by atoms with van der Waals surface area (Å²) in [6.45, 7) is 5.54. The molecule has 0 atom stereocenters. The number of amides is 1. The van der Waals surface area contributed by atoms with E-state index in [1.165, 1.54) is 6.07 Å². The molecule has 2 rings (SSSR count). The second kappa shape index (κ2) is 8.79. The van der Waals surface area contributed by atoms with Crippen molar-refractivity contribution >= 4 is 23.3 Å². The van der Waals surface area contributed by atoms with Crippen LogP contribution in [-0.2, 0) is 4.74 Å². The van der Waals surface area contributed by atoms with Crippen molar-refractivity contribution in [1.29, 1.82) is 0 Å². The number of benzene rings is 2. The lowest BCUT2D eigenvalue weighted by Crippen LogP contribution is -2.14. The van der Waals surface area contributed by atoms with Crippen LogP contribution in [0.5, 0.6) is 5.75 Å². The monoisotopic (exact) mass is 372 g/mol. The van der Waals surface area contributed by atoms with Gasteiger partial charge in [-0.15, -0.1) is 0 Å².